The quantitative estimate of drug-likeness (QED) is 0.610. The molecule has 0 bridgehead atoms. The predicted octanol–water partition coefficient (Wildman–Crippen LogP) is 2.79. The molecule has 2 aliphatic heterocycles. The molecular formula is C23H26ClN3O5S2. The van der Waals surface area contributed by atoms with E-state index in [9.17, 15) is 21.6 Å². The number of hydrogen-bond donors (Lipinski definition) is 1. The lowest BCUT2D eigenvalue weighted by molar-refractivity contribution is 0.0987. The first-order valence-electron chi connectivity index (χ1n) is 10.7. The SMILES string of the molecule is Cc1cc(Cl)cnc1C(=O)Cc1ccc2c(c1)[C@@]1(C)N=C(N)C(C)(C)S(=O)(=O)[C@@H]1CCS2(=O)=O. The number of carbonyl (C=O) groups excluding carboxylic acids is 1. The molecule has 0 spiro atoms. The van der Waals surface area contributed by atoms with Gasteiger partial charge in [0.15, 0.2) is 25.5 Å². The zero-order chi connectivity index (χ0) is 25.3. The molecule has 0 fully saturated rings. The number of ketones is 1. The van der Waals surface area contributed by atoms with Crippen molar-refractivity contribution in [1.29, 1.82) is 0 Å². The zero-order valence-electron chi connectivity index (χ0n) is 19.3. The van der Waals surface area contributed by atoms with Gasteiger partial charge in [0, 0.05) is 12.6 Å². The summed E-state index contributed by atoms with van der Waals surface area (Å²) in [6.07, 6.45) is 1.24. The third kappa shape index (κ3) is 3.67. The van der Waals surface area contributed by atoms with Crippen molar-refractivity contribution in [2.24, 2.45) is 10.7 Å². The molecule has 2 N–H and O–H groups in total. The molecule has 4 rings (SSSR count). The van der Waals surface area contributed by atoms with Crippen molar-refractivity contribution >= 4 is 42.9 Å². The van der Waals surface area contributed by atoms with Crippen molar-refractivity contribution in [3.8, 4) is 0 Å². The van der Waals surface area contributed by atoms with E-state index in [1.807, 2.05) is 0 Å². The Bertz CT molecular complexity index is 1470. The number of nitrogens with two attached hydrogens (primary N) is 1. The van der Waals surface area contributed by atoms with Crippen LogP contribution in [0.2, 0.25) is 5.02 Å². The normalized spacial score (nSPS) is 26.5. The summed E-state index contributed by atoms with van der Waals surface area (Å²) in [6, 6.07) is 6.21. The van der Waals surface area contributed by atoms with E-state index in [4.69, 9.17) is 17.3 Å². The number of carbonyl (C=O) groups is 1. The first-order valence-corrected chi connectivity index (χ1v) is 14.3. The van der Waals surface area contributed by atoms with Gasteiger partial charge in [0.25, 0.3) is 0 Å². The highest BCUT2D eigenvalue weighted by molar-refractivity contribution is 7.94. The van der Waals surface area contributed by atoms with Gasteiger partial charge < -0.3 is 5.73 Å². The smallest absolute Gasteiger partial charge is 0.185 e. The predicted molar refractivity (Wildman–Crippen MR) is 131 cm³/mol. The van der Waals surface area contributed by atoms with Gasteiger partial charge in [-0.2, -0.15) is 0 Å². The van der Waals surface area contributed by atoms with Crippen molar-refractivity contribution in [2.45, 2.75) is 61.0 Å². The fraction of sp³-hybridized carbons (Fsp3) is 0.435. The minimum atomic E-state index is -3.88. The van der Waals surface area contributed by atoms with E-state index >= 15 is 0 Å². The molecule has 0 radical (unpaired) electrons. The maximum absolute atomic E-state index is 13.5. The van der Waals surface area contributed by atoms with Crippen LogP contribution in [0.1, 0.15) is 54.4 Å². The maximum Gasteiger partial charge on any atom is 0.185 e. The summed E-state index contributed by atoms with van der Waals surface area (Å²) in [6.45, 7) is 6.30. The minimum absolute atomic E-state index is 0.0148. The number of pyridine rings is 1. The average molecular weight is 524 g/mol. The van der Waals surface area contributed by atoms with Crippen LogP contribution in [-0.2, 0) is 31.6 Å². The summed E-state index contributed by atoms with van der Waals surface area (Å²) < 4.78 is 51.9. The number of aromatic nitrogens is 1. The fourth-order valence-electron chi connectivity index (χ4n) is 4.76. The van der Waals surface area contributed by atoms with Crippen LogP contribution in [0.15, 0.2) is 40.4 Å². The number of nitrogens with zero attached hydrogens (tertiary/aromatic N) is 2. The summed E-state index contributed by atoms with van der Waals surface area (Å²) in [7, 11) is -7.66. The van der Waals surface area contributed by atoms with Gasteiger partial charge in [-0.1, -0.05) is 23.7 Å². The molecule has 34 heavy (non-hydrogen) atoms. The molecule has 1 aromatic heterocycles. The largest absolute Gasteiger partial charge is 0.386 e. The summed E-state index contributed by atoms with van der Waals surface area (Å²) in [5.74, 6) is -0.663. The van der Waals surface area contributed by atoms with Crippen molar-refractivity contribution in [3.05, 3.63) is 57.9 Å². The average Bonchev–Trinajstić information content (AvgIpc) is 2.80. The number of hydrogen-bond acceptors (Lipinski definition) is 8. The number of aliphatic imine (C=N–C) groups is 1. The molecule has 0 unspecified atom stereocenters. The third-order valence-electron chi connectivity index (χ3n) is 6.93. The number of amidine groups is 1. The molecule has 11 heteroatoms. The van der Waals surface area contributed by atoms with Gasteiger partial charge >= 0.3 is 0 Å². The van der Waals surface area contributed by atoms with Crippen LogP contribution < -0.4 is 5.73 Å². The highest BCUT2D eigenvalue weighted by Gasteiger charge is 2.58. The lowest BCUT2D eigenvalue weighted by Crippen LogP contribution is -2.59. The first-order chi connectivity index (χ1) is 15.6. The van der Waals surface area contributed by atoms with Crippen LogP contribution in [0.4, 0.5) is 0 Å². The summed E-state index contributed by atoms with van der Waals surface area (Å²) in [5.41, 5.74) is 6.37. The molecule has 8 nitrogen and oxygen atoms in total. The molecule has 1 aromatic carbocycles. The van der Waals surface area contributed by atoms with E-state index < -0.39 is 35.2 Å². The first kappa shape index (κ1) is 24.8. The molecule has 3 heterocycles. The Kier molecular flexibility index (Phi) is 5.74. The van der Waals surface area contributed by atoms with E-state index in [0.29, 0.717) is 16.1 Å². The monoisotopic (exact) mass is 523 g/mol. The maximum atomic E-state index is 13.5. The molecule has 2 atom stereocenters. The number of fused-ring (bicyclic) bond motifs is 3. The summed E-state index contributed by atoms with van der Waals surface area (Å²) in [5, 5.41) is -0.662. The second-order valence-corrected chi connectivity index (χ2v) is 14.7. The van der Waals surface area contributed by atoms with Crippen LogP contribution >= 0.6 is 11.6 Å². The zero-order valence-corrected chi connectivity index (χ0v) is 21.7. The second kappa shape index (κ2) is 7.86. The third-order valence-corrected chi connectivity index (χ3v) is 12.0. The number of benzene rings is 1. The second-order valence-electron chi connectivity index (χ2n) is 9.55. The van der Waals surface area contributed by atoms with Crippen molar-refractivity contribution in [1.82, 2.24) is 4.98 Å². The molecule has 0 saturated heterocycles. The Hall–Kier alpha value is -2.30. The van der Waals surface area contributed by atoms with E-state index in [0.717, 1.165) is 0 Å². The van der Waals surface area contributed by atoms with E-state index in [1.54, 1.807) is 32.0 Å². The lowest BCUT2D eigenvalue weighted by Gasteiger charge is -2.43. The number of sulfone groups is 2. The summed E-state index contributed by atoms with van der Waals surface area (Å²) >= 11 is 5.94. The van der Waals surface area contributed by atoms with Crippen LogP contribution in [-0.4, -0.2) is 49.2 Å². The van der Waals surface area contributed by atoms with E-state index in [-0.39, 0.29) is 46.4 Å². The topological polar surface area (TPSA) is 137 Å². The lowest BCUT2D eigenvalue weighted by atomic mass is 9.85. The van der Waals surface area contributed by atoms with Gasteiger partial charge in [0.1, 0.15) is 21.8 Å². The molecule has 0 amide bonds. The molecule has 2 aliphatic rings. The molecule has 0 aliphatic carbocycles. The van der Waals surface area contributed by atoms with Crippen LogP contribution in [0.3, 0.4) is 0 Å². The molecule has 182 valence electrons. The van der Waals surface area contributed by atoms with Crippen molar-refractivity contribution < 1.29 is 21.6 Å². The Balaban J connectivity index is 1.88. The van der Waals surface area contributed by atoms with Gasteiger partial charge in [-0.05, 0) is 62.9 Å². The van der Waals surface area contributed by atoms with Gasteiger partial charge in [0.2, 0.25) is 0 Å². The highest BCUT2D eigenvalue weighted by atomic mass is 35.5. The van der Waals surface area contributed by atoms with Gasteiger partial charge in [0.05, 0.1) is 20.9 Å². The molecule has 2 aromatic rings. The van der Waals surface area contributed by atoms with Crippen LogP contribution in [0.5, 0.6) is 0 Å². The Labute approximate surface area is 204 Å². The van der Waals surface area contributed by atoms with Crippen LogP contribution in [0.25, 0.3) is 0 Å². The molecule has 0 saturated carbocycles. The number of rotatable bonds is 3. The Morgan fingerprint density at radius 3 is 2.50 bits per heavy atom. The Morgan fingerprint density at radius 2 is 1.85 bits per heavy atom. The molecular weight excluding hydrogens is 498 g/mol. The number of halogens is 1. The standard InChI is InChI=1S/C23H26ClN3O5S2/c1-13-9-15(24)12-26-20(13)17(28)11-14-5-6-18-16(10-14)23(4)19(7-8-33(18,29)30)34(31,32)22(2,3)21(25)27-23/h5-6,9-10,12,19H,7-8,11H2,1-4H3,(H2,25,27)/t19-,23-/m1/s1. The minimum Gasteiger partial charge on any atom is -0.386 e. The number of Topliss-reactive ketones (excluding diaryl/α,β-unsaturated/α-hetero) is 1. The Morgan fingerprint density at radius 1 is 1.18 bits per heavy atom. The summed E-state index contributed by atoms with van der Waals surface area (Å²) in [4.78, 5) is 21.7. The van der Waals surface area contributed by atoms with Gasteiger partial charge in [-0.3, -0.25) is 14.8 Å². The van der Waals surface area contributed by atoms with Crippen molar-refractivity contribution in [2.75, 3.05) is 5.75 Å². The fourth-order valence-corrected chi connectivity index (χ4v) is 9.02. The van der Waals surface area contributed by atoms with E-state index in [1.165, 1.54) is 26.1 Å². The van der Waals surface area contributed by atoms with Crippen molar-refractivity contribution in [3.63, 3.8) is 0 Å². The van der Waals surface area contributed by atoms with Gasteiger partial charge in [-0.25, -0.2) is 16.8 Å². The number of aryl methyl sites for hydroxylation is 1. The van der Waals surface area contributed by atoms with E-state index in [2.05, 4.69) is 9.98 Å². The highest BCUT2D eigenvalue weighted by Crippen LogP contribution is 2.48. The van der Waals surface area contributed by atoms with Gasteiger partial charge in [-0.15, -0.1) is 0 Å². The van der Waals surface area contributed by atoms with Crippen LogP contribution in [0, 0.1) is 6.92 Å².